The Morgan fingerprint density at radius 1 is 1.07 bits per heavy atom. The zero-order valence-corrected chi connectivity index (χ0v) is 11.0. The minimum atomic E-state index is 0.411. The lowest BCUT2D eigenvalue weighted by molar-refractivity contribution is 0.0435. The van der Waals surface area contributed by atoms with Gasteiger partial charge in [0.1, 0.15) is 0 Å². The van der Waals surface area contributed by atoms with Crippen molar-refractivity contribution in [2.45, 2.75) is 71.9 Å². The van der Waals surface area contributed by atoms with E-state index in [0.29, 0.717) is 12.1 Å². The third kappa shape index (κ3) is 10.2. The molecule has 92 valence electrons. The summed E-state index contributed by atoms with van der Waals surface area (Å²) in [6, 6.07) is 0.559. The van der Waals surface area contributed by atoms with E-state index in [4.69, 9.17) is 4.74 Å². The van der Waals surface area contributed by atoms with Crippen LogP contribution in [-0.2, 0) is 4.74 Å². The fraction of sp³-hybridized carbons (Fsp3) is 1.00. The highest BCUT2D eigenvalue weighted by molar-refractivity contribution is 4.63. The smallest absolute Gasteiger partial charge is 0.0699 e. The minimum absolute atomic E-state index is 0.411. The van der Waals surface area contributed by atoms with Crippen molar-refractivity contribution in [2.24, 2.45) is 0 Å². The zero-order chi connectivity index (χ0) is 11.5. The van der Waals surface area contributed by atoms with E-state index in [1.54, 1.807) is 0 Å². The van der Waals surface area contributed by atoms with Gasteiger partial charge in [-0.15, -0.1) is 0 Å². The van der Waals surface area contributed by atoms with Crippen LogP contribution >= 0.6 is 0 Å². The van der Waals surface area contributed by atoms with Gasteiger partial charge in [-0.2, -0.15) is 0 Å². The number of ether oxygens (including phenoxy) is 1. The van der Waals surface area contributed by atoms with E-state index in [9.17, 15) is 0 Å². The third-order valence-electron chi connectivity index (χ3n) is 2.47. The van der Waals surface area contributed by atoms with Crippen LogP contribution in [0.5, 0.6) is 0 Å². The Morgan fingerprint density at radius 2 is 1.80 bits per heavy atom. The Balaban J connectivity index is 3.53. The Kier molecular flexibility index (Phi) is 10.4. The summed E-state index contributed by atoms with van der Waals surface area (Å²) in [4.78, 5) is 0. The molecule has 2 heteroatoms. The molecule has 0 aromatic carbocycles. The Hall–Kier alpha value is -0.0800. The maximum atomic E-state index is 5.87. The average molecular weight is 215 g/mol. The molecule has 0 aromatic rings. The first kappa shape index (κ1) is 14.9. The van der Waals surface area contributed by atoms with Crippen LogP contribution in [0.3, 0.4) is 0 Å². The van der Waals surface area contributed by atoms with Gasteiger partial charge >= 0.3 is 0 Å². The van der Waals surface area contributed by atoms with Crippen LogP contribution in [0.1, 0.15) is 59.8 Å². The summed E-state index contributed by atoms with van der Waals surface area (Å²) in [5, 5.41) is 3.45. The molecule has 0 aliphatic carbocycles. The largest absolute Gasteiger partial charge is 0.377 e. The topological polar surface area (TPSA) is 21.3 Å². The van der Waals surface area contributed by atoms with Crippen LogP contribution in [0.15, 0.2) is 0 Å². The number of hydrogen-bond donors (Lipinski definition) is 1. The summed E-state index contributed by atoms with van der Waals surface area (Å²) in [5.74, 6) is 0. The van der Waals surface area contributed by atoms with Gasteiger partial charge in [-0.1, -0.05) is 47.0 Å². The lowest BCUT2D eigenvalue weighted by atomic mass is 10.2. The molecule has 0 aliphatic heterocycles. The van der Waals surface area contributed by atoms with Crippen molar-refractivity contribution in [3.63, 3.8) is 0 Å². The molecular weight excluding hydrogens is 186 g/mol. The van der Waals surface area contributed by atoms with Crippen LogP contribution in [0.4, 0.5) is 0 Å². The Labute approximate surface area is 95.8 Å². The van der Waals surface area contributed by atoms with Gasteiger partial charge in [0.2, 0.25) is 0 Å². The summed E-state index contributed by atoms with van der Waals surface area (Å²) in [5.41, 5.74) is 0. The molecular formula is C13H29NO. The summed E-state index contributed by atoms with van der Waals surface area (Å²) in [6.07, 6.45) is 6.56. The van der Waals surface area contributed by atoms with Crippen LogP contribution in [-0.4, -0.2) is 25.3 Å². The van der Waals surface area contributed by atoms with Gasteiger partial charge < -0.3 is 10.1 Å². The maximum absolute atomic E-state index is 5.87. The van der Waals surface area contributed by atoms with E-state index in [0.717, 1.165) is 13.2 Å². The van der Waals surface area contributed by atoms with E-state index < -0.39 is 0 Å². The van der Waals surface area contributed by atoms with Crippen LogP contribution in [0, 0.1) is 0 Å². The second kappa shape index (κ2) is 10.4. The molecule has 0 saturated carbocycles. The van der Waals surface area contributed by atoms with Gasteiger partial charge in [-0.3, -0.25) is 0 Å². The molecule has 0 aliphatic rings. The van der Waals surface area contributed by atoms with Crippen molar-refractivity contribution in [3.8, 4) is 0 Å². The molecule has 0 bridgehead atoms. The lowest BCUT2D eigenvalue weighted by Gasteiger charge is -2.19. The molecule has 0 heterocycles. The molecule has 0 saturated heterocycles. The Morgan fingerprint density at radius 3 is 2.33 bits per heavy atom. The highest BCUT2D eigenvalue weighted by Gasteiger charge is 2.07. The van der Waals surface area contributed by atoms with E-state index >= 15 is 0 Å². The van der Waals surface area contributed by atoms with Crippen LogP contribution in [0.2, 0.25) is 0 Å². The normalized spacial score (nSPS) is 13.4. The predicted molar refractivity (Wildman–Crippen MR) is 67.3 cm³/mol. The summed E-state index contributed by atoms with van der Waals surface area (Å²) in [6.45, 7) is 10.7. The van der Waals surface area contributed by atoms with Crippen molar-refractivity contribution in [3.05, 3.63) is 0 Å². The van der Waals surface area contributed by atoms with Crippen molar-refractivity contribution < 1.29 is 4.74 Å². The molecule has 0 fully saturated rings. The monoisotopic (exact) mass is 215 g/mol. The lowest BCUT2D eigenvalue weighted by Crippen LogP contribution is -2.33. The number of unbranched alkanes of at least 4 members (excludes halogenated alkanes) is 2. The van der Waals surface area contributed by atoms with Gasteiger partial charge in [0.05, 0.1) is 6.10 Å². The summed E-state index contributed by atoms with van der Waals surface area (Å²) >= 11 is 0. The summed E-state index contributed by atoms with van der Waals surface area (Å²) < 4.78 is 5.87. The van der Waals surface area contributed by atoms with E-state index in [-0.39, 0.29) is 0 Å². The van der Waals surface area contributed by atoms with Crippen molar-refractivity contribution in [1.82, 2.24) is 5.32 Å². The molecule has 0 rings (SSSR count). The standard InChI is InChI=1S/C13H29NO/c1-5-7-8-10-15-13(9-6-2)11-14-12(3)4/h12-14H,5-11H2,1-4H3. The van der Waals surface area contributed by atoms with E-state index in [2.05, 4.69) is 33.0 Å². The van der Waals surface area contributed by atoms with Crippen molar-refractivity contribution >= 4 is 0 Å². The SMILES string of the molecule is CCCCCOC(CCC)CNC(C)C. The first-order valence-electron chi connectivity index (χ1n) is 6.55. The Bertz CT molecular complexity index is 126. The molecule has 1 atom stereocenters. The first-order chi connectivity index (χ1) is 7.20. The number of rotatable bonds is 10. The van der Waals surface area contributed by atoms with Crippen LogP contribution in [0.25, 0.3) is 0 Å². The van der Waals surface area contributed by atoms with Crippen molar-refractivity contribution in [2.75, 3.05) is 13.2 Å². The van der Waals surface area contributed by atoms with Crippen molar-refractivity contribution in [1.29, 1.82) is 0 Å². The predicted octanol–water partition coefficient (Wildman–Crippen LogP) is 3.36. The molecule has 2 nitrogen and oxygen atoms in total. The highest BCUT2D eigenvalue weighted by Crippen LogP contribution is 2.04. The van der Waals surface area contributed by atoms with Gasteiger partial charge in [0, 0.05) is 19.2 Å². The van der Waals surface area contributed by atoms with E-state index in [1.165, 1.54) is 32.1 Å². The van der Waals surface area contributed by atoms with Crippen LogP contribution < -0.4 is 5.32 Å². The zero-order valence-electron chi connectivity index (χ0n) is 11.0. The highest BCUT2D eigenvalue weighted by atomic mass is 16.5. The fourth-order valence-corrected chi connectivity index (χ4v) is 1.54. The van der Waals surface area contributed by atoms with Gasteiger partial charge in [0.15, 0.2) is 0 Å². The second-order valence-corrected chi connectivity index (χ2v) is 4.55. The maximum Gasteiger partial charge on any atom is 0.0699 e. The molecule has 15 heavy (non-hydrogen) atoms. The number of hydrogen-bond acceptors (Lipinski definition) is 2. The molecule has 0 spiro atoms. The molecule has 1 unspecified atom stereocenters. The van der Waals surface area contributed by atoms with Gasteiger partial charge in [-0.05, 0) is 12.8 Å². The third-order valence-corrected chi connectivity index (χ3v) is 2.47. The average Bonchev–Trinajstić information content (AvgIpc) is 2.20. The minimum Gasteiger partial charge on any atom is -0.377 e. The van der Waals surface area contributed by atoms with E-state index in [1.807, 2.05) is 0 Å². The molecule has 0 amide bonds. The molecule has 0 radical (unpaired) electrons. The van der Waals surface area contributed by atoms with Gasteiger partial charge in [0.25, 0.3) is 0 Å². The fourth-order valence-electron chi connectivity index (χ4n) is 1.54. The van der Waals surface area contributed by atoms with Gasteiger partial charge in [-0.25, -0.2) is 0 Å². The first-order valence-corrected chi connectivity index (χ1v) is 6.55. The molecule has 1 N–H and O–H groups in total. The second-order valence-electron chi connectivity index (χ2n) is 4.55. The number of nitrogens with one attached hydrogen (secondary N) is 1. The quantitative estimate of drug-likeness (QED) is 0.564. The molecule has 0 aromatic heterocycles. The summed E-state index contributed by atoms with van der Waals surface area (Å²) in [7, 11) is 0.